The van der Waals surface area contributed by atoms with Gasteiger partial charge in [0.05, 0.1) is 13.7 Å². The zero-order valence-corrected chi connectivity index (χ0v) is 10.5. The lowest BCUT2D eigenvalue weighted by atomic mass is 9.98. The van der Waals surface area contributed by atoms with Crippen molar-refractivity contribution in [1.29, 1.82) is 0 Å². The quantitative estimate of drug-likeness (QED) is 0.504. The molecule has 3 N–H and O–H groups in total. The maximum atomic E-state index is 11.2. The van der Waals surface area contributed by atoms with E-state index in [9.17, 15) is 4.79 Å². The highest BCUT2D eigenvalue weighted by molar-refractivity contribution is 7.99. The van der Waals surface area contributed by atoms with Gasteiger partial charge in [-0.15, -0.1) is 0 Å². The van der Waals surface area contributed by atoms with Crippen LogP contribution in [0.15, 0.2) is 0 Å². The van der Waals surface area contributed by atoms with E-state index in [4.69, 9.17) is 10.8 Å². The van der Waals surface area contributed by atoms with Gasteiger partial charge in [0.25, 0.3) is 0 Å². The first-order chi connectivity index (χ1) is 6.94. The second-order valence-corrected chi connectivity index (χ2v) is 5.42. The summed E-state index contributed by atoms with van der Waals surface area (Å²) < 4.78 is 4.60. The number of aliphatic hydroxyl groups excluding tert-OH is 1. The van der Waals surface area contributed by atoms with Gasteiger partial charge >= 0.3 is 5.97 Å². The molecule has 0 aromatic rings. The van der Waals surface area contributed by atoms with Crippen molar-refractivity contribution in [1.82, 2.24) is 0 Å². The van der Waals surface area contributed by atoms with Crippen LogP contribution in [0, 0.1) is 0 Å². The SMILES string of the molecule is COC(=O)C(C)(N)CCCSC(C)CO. The number of carbonyl (C=O) groups is 1. The number of esters is 1. The smallest absolute Gasteiger partial charge is 0.325 e. The molecule has 0 aromatic heterocycles. The first-order valence-corrected chi connectivity index (χ1v) is 6.08. The lowest BCUT2D eigenvalue weighted by Gasteiger charge is -2.21. The average molecular weight is 235 g/mol. The lowest BCUT2D eigenvalue weighted by molar-refractivity contribution is -0.146. The zero-order chi connectivity index (χ0) is 11.9. The van der Waals surface area contributed by atoms with Crippen LogP contribution in [0.3, 0.4) is 0 Å². The third kappa shape index (κ3) is 6.02. The molecule has 0 aromatic carbocycles. The molecule has 0 saturated heterocycles. The zero-order valence-electron chi connectivity index (χ0n) is 9.66. The molecule has 0 amide bonds. The van der Waals surface area contributed by atoms with Gasteiger partial charge in [-0.25, -0.2) is 0 Å². The molecular formula is C10H21NO3S. The summed E-state index contributed by atoms with van der Waals surface area (Å²) in [5.74, 6) is 0.522. The van der Waals surface area contributed by atoms with Crippen molar-refractivity contribution in [3.05, 3.63) is 0 Å². The predicted octanol–water partition coefficient (Wildman–Crippen LogP) is 0.771. The van der Waals surface area contributed by atoms with Crippen LogP contribution in [-0.2, 0) is 9.53 Å². The van der Waals surface area contributed by atoms with Crippen LogP contribution in [0.25, 0.3) is 0 Å². The highest BCUT2D eigenvalue weighted by Gasteiger charge is 2.28. The number of thioether (sulfide) groups is 1. The molecule has 0 aliphatic carbocycles. The number of methoxy groups -OCH3 is 1. The lowest BCUT2D eigenvalue weighted by Crippen LogP contribution is -2.45. The number of ether oxygens (including phenoxy) is 1. The van der Waals surface area contributed by atoms with Gasteiger partial charge in [0.2, 0.25) is 0 Å². The Balaban J connectivity index is 3.71. The van der Waals surface area contributed by atoms with E-state index in [1.807, 2.05) is 6.92 Å². The molecule has 0 aliphatic rings. The van der Waals surface area contributed by atoms with Crippen molar-refractivity contribution in [3.63, 3.8) is 0 Å². The molecule has 4 nitrogen and oxygen atoms in total. The molecule has 2 atom stereocenters. The number of hydrogen-bond acceptors (Lipinski definition) is 5. The van der Waals surface area contributed by atoms with E-state index in [0.717, 1.165) is 12.2 Å². The van der Waals surface area contributed by atoms with Gasteiger partial charge < -0.3 is 15.6 Å². The number of carbonyl (C=O) groups excluding carboxylic acids is 1. The Morgan fingerprint density at radius 3 is 2.73 bits per heavy atom. The average Bonchev–Trinajstić information content (AvgIpc) is 2.22. The second kappa shape index (κ2) is 7.09. The first kappa shape index (κ1) is 14.7. The van der Waals surface area contributed by atoms with Gasteiger partial charge in [-0.3, -0.25) is 4.79 Å². The van der Waals surface area contributed by atoms with Crippen molar-refractivity contribution in [2.24, 2.45) is 5.73 Å². The van der Waals surface area contributed by atoms with Crippen molar-refractivity contribution < 1.29 is 14.6 Å². The third-order valence-electron chi connectivity index (χ3n) is 2.15. The maximum Gasteiger partial charge on any atom is 0.325 e. The Labute approximate surface area is 95.6 Å². The van der Waals surface area contributed by atoms with Gasteiger partial charge in [0.1, 0.15) is 5.54 Å². The summed E-state index contributed by atoms with van der Waals surface area (Å²) in [6.45, 7) is 3.83. The predicted molar refractivity (Wildman–Crippen MR) is 62.8 cm³/mol. The minimum absolute atomic E-state index is 0.182. The highest BCUT2D eigenvalue weighted by Crippen LogP contribution is 2.16. The Hall–Kier alpha value is -0.260. The molecule has 0 radical (unpaired) electrons. The summed E-state index contributed by atoms with van der Waals surface area (Å²) in [5.41, 5.74) is 4.90. The molecule has 0 aliphatic heterocycles. The van der Waals surface area contributed by atoms with E-state index in [0.29, 0.717) is 6.42 Å². The van der Waals surface area contributed by atoms with Gasteiger partial charge in [0.15, 0.2) is 0 Å². The maximum absolute atomic E-state index is 11.2. The fraction of sp³-hybridized carbons (Fsp3) is 0.900. The van der Waals surface area contributed by atoms with Gasteiger partial charge in [0, 0.05) is 5.25 Å². The van der Waals surface area contributed by atoms with Gasteiger partial charge in [-0.1, -0.05) is 6.92 Å². The van der Waals surface area contributed by atoms with Gasteiger partial charge in [-0.05, 0) is 25.5 Å². The standard InChI is InChI=1S/C10H21NO3S/c1-8(7-12)15-6-4-5-10(2,11)9(13)14-3/h8,12H,4-7,11H2,1-3H3. The summed E-state index contributed by atoms with van der Waals surface area (Å²) in [4.78, 5) is 11.2. The van der Waals surface area contributed by atoms with Crippen LogP contribution in [0.5, 0.6) is 0 Å². The van der Waals surface area contributed by atoms with Crippen LogP contribution in [0.1, 0.15) is 26.7 Å². The van der Waals surface area contributed by atoms with Crippen molar-refractivity contribution >= 4 is 17.7 Å². The van der Waals surface area contributed by atoms with E-state index in [1.54, 1.807) is 18.7 Å². The summed E-state index contributed by atoms with van der Waals surface area (Å²) in [7, 11) is 1.34. The van der Waals surface area contributed by atoms with Crippen LogP contribution in [0.4, 0.5) is 0 Å². The second-order valence-electron chi connectivity index (χ2n) is 3.88. The number of hydrogen-bond donors (Lipinski definition) is 2. The number of aliphatic hydroxyl groups is 1. The largest absolute Gasteiger partial charge is 0.468 e. The monoisotopic (exact) mass is 235 g/mol. The summed E-state index contributed by atoms with van der Waals surface area (Å²) in [6.07, 6.45) is 1.45. The Kier molecular flexibility index (Phi) is 6.96. The summed E-state index contributed by atoms with van der Waals surface area (Å²) in [5, 5.41) is 9.04. The van der Waals surface area contributed by atoms with E-state index in [-0.39, 0.29) is 17.8 Å². The molecule has 15 heavy (non-hydrogen) atoms. The molecule has 0 heterocycles. The minimum atomic E-state index is -0.891. The van der Waals surface area contributed by atoms with Gasteiger partial charge in [-0.2, -0.15) is 11.8 Å². The Bertz CT molecular complexity index is 197. The van der Waals surface area contributed by atoms with E-state index >= 15 is 0 Å². The molecule has 0 bridgehead atoms. The van der Waals surface area contributed by atoms with Crippen LogP contribution in [0.2, 0.25) is 0 Å². The molecule has 5 heteroatoms. The molecule has 0 saturated carbocycles. The molecule has 0 rings (SSSR count). The Morgan fingerprint density at radius 2 is 2.27 bits per heavy atom. The fourth-order valence-corrected chi connectivity index (χ4v) is 1.93. The third-order valence-corrected chi connectivity index (χ3v) is 3.39. The molecule has 90 valence electrons. The minimum Gasteiger partial charge on any atom is -0.468 e. The van der Waals surface area contributed by atoms with Crippen LogP contribution in [-0.4, -0.2) is 41.3 Å². The van der Waals surface area contributed by atoms with Crippen molar-refractivity contribution in [2.75, 3.05) is 19.5 Å². The summed E-state index contributed by atoms with van der Waals surface area (Å²) >= 11 is 1.68. The molecular weight excluding hydrogens is 214 g/mol. The highest BCUT2D eigenvalue weighted by atomic mass is 32.2. The number of rotatable bonds is 7. The van der Waals surface area contributed by atoms with Crippen LogP contribution < -0.4 is 5.73 Å². The Morgan fingerprint density at radius 1 is 1.67 bits per heavy atom. The van der Waals surface area contributed by atoms with Crippen molar-refractivity contribution in [2.45, 2.75) is 37.5 Å². The molecule has 0 fully saturated rings. The van der Waals surface area contributed by atoms with E-state index in [1.165, 1.54) is 7.11 Å². The molecule has 0 spiro atoms. The first-order valence-electron chi connectivity index (χ1n) is 5.03. The van der Waals surface area contributed by atoms with Crippen LogP contribution >= 0.6 is 11.8 Å². The topological polar surface area (TPSA) is 72.5 Å². The fourth-order valence-electron chi connectivity index (χ4n) is 1.11. The summed E-state index contributed by atoms with van der Waals surface area (Å²) in [6, 6.07) is 0. The normalized spacial score (nSPS) is 16.9. The van der Waals surface area contributed by atoms with E-state index < -0.39 is 5.54 Å². The molecule has 2 unspecified atom stereocenters. The number of nitrogens with two attached hydrogens (primary N) is 1. The van der Waals surface area contributed by atoms with Crippen molar-refractivity contribution in [3.8, 4) is 0 Å². The van der Waals surface area contributed by atoms with E-state index in [2.05, 4.69) is 4.74 Å².